The molecule has 0 saturated carbocycles. The van der Waals surface area contributed by atoms with E-state index in [1.807, 2.05) is 0 Å². The van der Waals surface area contributed by atoms with Gasteiger partial charge in [-0.15, -0.1) is 0 Å². The molecule has 0 spiro atoms. The Morgan fingerprint density at radius 1 is 1.30 bits per heavy atom. The highest BCUT2D eigenvalue weighted by Crippen LogP contribution is 2.41. The van der Waals surface area contributed by atoms with Gasteiger partial charge in [0, 0.05) is 12.6 Å². The minimum atomic E-state index is 0.639. The van der Waals surface area contributed by atoms with Gasteiger partial charge in [0.2, 0.25) is 0 Å². The molecule has 1 heteroatoms. The summed E-state index contributed by atoms with van der Waals surface area (Å²) in [6, 6.07) is 0.932. The molecule has 58 valence electrons. The van der Waals surface area contributed by atoms with Gasteiger partial charge in [-0.25, -0.2) is 0 Å². The molecular weight excluding hydrogens is 122 g/mol. The Hall–Kier alpha value is -0.0400. The van der Waals surface area contributed by atoms with Gasteiger partial charge in [0.1, 0.15) is 0 Å². The summed E-state index contributed by atoms with van der Waals surface area (Å²) in [5.74, 6) is 0. The standard InChI is InChI=1S/C9H17N/c1-9(2)7-10-6-4-3-5-8(9)10/h8H,3-7H2,1-2H3. The molecule has 1 nitrogen and oxygen atoms in total. The van der Waals surface area contributed by atoms with E-state index >= 15 is 0 Å². The third kappa shape index (κ3) is 0.800. The molecule has 1 atom stereocenters. The lowest BCUT2D eigenvalue weighted by atomic mass is 9.71. The number of hydrogen-bond acceptors (Lipinski definition) is 1. The van der Waals surface area contributed by atoms with E-state index in [4.69, 9.17) is 0 Å². The van der Waals surface area contributed by atoms with Crippen LogP contribution in [0.4, 0.5) is 0 Å². The van der Waals surface area contributed by atoms with Gasteiger partial charge in [0.05, 0.1) is 0 Å². The van der Waals surface area contributed by atoms with Gasteiger partial charge >= 0.3 is 0 Å². The largest absolute Gasteiger partial charge is 0.299 e. The third-order valence-electron chi connectivity index (χ3n) is 3.13. The van der Waals surface area contributed by atoms with E-state index in [9.17, 15) is 0 Å². The average Bonchev–Trinajstić information content (AvgIpc) is 1.86. The molecule has 0 N–H and O–H groups in total. The third-order valence-corrected chi connectivity index (χ3v) is 3.13. The van der Waals surface area contributed by atoms with Crippen molar-refractivity contribution in [3.63, 3.8) is 0 Å². The molecule has 10 heavy (non-hydrogen) atoms. The van der Waals surface area contributed by atoms with Crippen molar-refractivity contribution < 1.29 is 0 Å². The molecule has 0 radical (unpaired) electrons. The highest BCUT2D eigenvalue weighted by Gasteiger charge is 2.45. The number of nitrogens with zero attached hydrogens (tertiary/aromatic N) is 1. The molecule has 2 aliphatic heterocycles. The van der Waals surface area contributed by atoms with Crippen molar-refractivity contribution in [3.8, 4) is 0 Å². The van der Waals surface area contributed by atoms with E-state index in [1.54, 1.807) is 0 Å². The predicted molar refractivity (Wildman–Crippen MR) is 43.0 cm³/mol. The molecule has 0 aromatic carbocycles. The average molecular weight is 139 g/mol. The molecule has 2 heterocycles. The fourth-order valence-corrected chi connectivity index (χ4v) is 2.58. The Labute approximate surface area is 63.4 Å². The van der Waals surface area contributed by atoms with Gasteiger partial charge in [0.15, 0.2) is 0 Å². The summed E-state index contributed by atoms with van der Waals surface area (Å²) in [5.41, 5.74) is 0.639. The topological polar surface area (TPSA) is 3.24 Å². The van der Waals surface area contributed by atoms with Gasteiger partial charge < -0.3 is 0 Å². The molecule has 2 fully saturated rings. The fourth-order valence-electron chi connectivity index (χ4n) is 2.58. The first kappa shape index (κ1) is 6.66. The fraction of sp³-hybridized carbons (Fsp3) is 1.00. The maximum Gasteiger partial charge on any atom is 0.0159 e. The lowest BCUT2D eigenvalue weighted by Crippen LogP contribution is -2.63. The molecule has 0 aromatic rings. The smallest absolute Gasteiger partial charge is 0.0159 e. The second-order valence-electron chi connectivity index (χ2n) is 4.47. The van der Waals surface area contributed by atoms with Crippen LogP contribution < -0.4 is 0 Å². The van der Waals surface area contributed by atoms with Gasteiger partial charge in [-0.1, -0.05) is 20.3 Å². The lowest BCUT2D eigenvalue weighted by Gasteiger charge is -2.57. The summed E-state index contributed by atoms with van der Waals surface area (Å²) in [4.78, 5) is 2.64. The van der Waals surface area contributed by atoms with Gasteiger partial charge in [-0.3, -0.25) is 4.90 Å². The maximum atomic E-state index is 2.64. The van der Waals surface area contributed by atoms with Crippen LogP contribution in [0.15, 0.2) is 0 Å². The zero-order valence-electron chi connectivity index (χ0n) is 7.06. The van der Waals surface area contributed by atoms with E-state index in [0.717, 1.165) is 6.04 Å². The van der Waals surface area contributed by atoms with Crippen molar-refractivity contribution in [1.29, 1.82) is 0 Å². The Morgan fingerprint density at radius 3 is 2.60 bits per heavy atom. The van der Waals surface area contributed by atoms with Crippen LogP contribution >= 0.6 is 0 Å². The van der Waals surface area contributed by atoms with E-state index in [1.165, 1.54) is 32.4 Å². The van der Waals surface area contributed by atoms with Crippen molar-refractivity contribution in [2.24, 2.45) is 5.41 Å². The van der Waals surface area contributed by atoms with Crippen LogP contribution in [0.1, 0.15) is 33.1 Å². The summed E-state index contributed by atoms with van der Waals surface area (Å²) in [6.07, 6.45) is 4.35. The SMILES string of the molecule is CC1(C)CN2CCCCC21. The first-order valence-corrected chi connectivity index (χ1v) is 4.44. The number of piperidine rings is 1. The molecular formula is C9H17N. The predicted octanol–water partition coefficient (Wildman–Crippen LogP) is 1.88. The Morgan fingerprint density at radius 2 is 2.10 bits per heavy atom. The minimum Gasteiger partial charge on any atom is -0.299 e. The van der Waals surface area contributed by atoms with E-state index in [2.05, 4.69) is 18.7 Å². The monoisotopic (exact) mass is 139 g/mol. The zero-order valence-corrected chi connectivity index (χ0v) is 7.06. The molecule has 0 aliphatic carbocycles. The summed E-state index contributed by atoms with van der Waals surface area (Å²) >= 11 is 0. The van der Waals surface area contributed by atoms with E-state index in [0.29, 0.717) is 5.41 Å². The summed E-state index contributed by atoms with van der Waals surface area (Å²) < 4.78 is 0. The number of hydrogen-bond donors (Lipinski definition) is 0. The second-order valence-corrected chi connectivity index (χ2v) is 4.47. The maximum absolute atomic E-state index is 2.64. The zero-order chi connectivity index (χ0) is 7.19. The Balaban J connectivity index is 2.01. The summed E-state index contributed by atoms with van der Waals surface area (Å²) in [6.45, 7) is 7.52. The molecule has 2 saturated heterocycles. The van der Waals surface area contributed by atoms with E-state index in [-0.39, 0.29) is 0 Å². The quantitative estimate of drug-likeness (QED) is 0.495. The molecule has 2 rings (SSSR count). The van der Waals surface area contributed by atoms with E-state index < -0.39 is 0 Å². The normalized spacial score (nSPS) is 38.4. The minimum absolute atomic E-state index is 0.639. The summed E-state index contributed by atoms with van der Waals surface area (Å²) in [7, 11) is 0. The van der Waals surface area contributed by atoms with Crippen LogP contribution in [-0.2, 0) is 0 Å². The lowest BCUT2D eigenvalue weighted by molar-refractivity contribution is -0.0717. The van der Waals surface area contributed by atoms with Gasteiger partial charge in [0.25, 0.3) is 0 Å². The van der Waals surface area contributed by atoms with Crippen molar-refractivity contribution in [1.82, 2.24) is 4.90 Å². The van der Waals surface area contributed by atoms with Crippen LogP contribution in [0, 0.1) is 5.41 Å². The molecule has 2 aliphatic rings. The van der Waals surface area contributed by atoms with Crippen LogP contribution in [0.25, 0.3) is 0 Å². The van der Waals surface area contributed by atoms with Crippen LogP contribution in [0.3, 0.4) is 0 Å². The Kier molecular flexibility index (Phi) is 1.31. The van der Waals surface area contributed by atoms with Crippen LogP contribution in [0.2, 0.25) is 0 Å². The van der Waals surface area contributed by atoms with Crippen molar-refractivity contribution in [3.05, 3.63) is 0 Å². The highest BCUT2D eigenvalue weighted by molar-refractivity contribution is 4.99. The Bertz CT molecular complexity index is 140. The van der Waals surface area contributed by atoms with Crippen LogP contribution in [-0.4, -0.2) is 24.0 Å². The molecule has 0 amide bonds. The molecule has 0 bridgehead atoms. The first-order valence-electron chi connectivity index (χ1n) is 4.44. The van der Waals surface area contributed by atoms with Gasteiger partial charge in [-0.2, -0.15) is 0 Å². The van der Waals surface area contributed by atoms with Crippen molar-refractivity contribution >= 4 is 0 Å². The van der Waals surface area contributed by atoms with Crippen LogP contribution in [0.5, 0.6) is 0 Å². The number of rotatable bonds is 0. The van der Waals surface area contributed by atoms with Gasteiger partial charge in [-0.05, 0) is 24.8 Å². The summed E-state index contributed by atoms with van der Waals surface area (Å²) in [5, 5.41) is 0. The first-order chi connectivity index (χ1) is 4.70. The van der Waals surface area contributed by atoms with Crippen molar-refractivity contribution in [2.45, 2.75) is 39.2 Å². The number of fused-ring (bicyclic) bond motifs is 1. The molecule has 1 unspecified atom stereocenters. The highest BCUT2D eigenvalue weighted by atomic mass is 15.2. The van der Waals surface area contributed by atoms with Crippen molar-refractivity contribution in [2.75, 3.05) is 13.1 Å². The molecule has 0 aromatic heterocycles. The second kappa shape index (κ2) is 1.97.